The lowest BCUT2D eigenvalue weighted by atomic mass is 9.86. The van der Waals surface area contributed by atoms with Crippen LogP contribution in [0.25, 0.3) is 0 Å². The summed E-state index contributed by atoms with van der Waals surface area (Å²) in [4.78, 5) is 0. The van der Waals surface area contributed by atoms with Crippen LogP contribution in [0.2, 0.25) is 0 Å². The van der Waals surface area contributed by atoms with Gasteiger partial charge in [0.1, 0.15) is 0 Å². The molecule has 20 heavy (non-hydrogen) atoms. The highest BCUT2D eigenvalue weighted by molar-refractivity contribution is 9.10. The van der Waals surface area contributed by atoms with Crippen molar-refractivity contribution in [1.29, 1.82) is 0 Å². The Hall–Kier alpha value is -0.740. The summed E-state index contributed by atoms with van der Waals surface area (Å²) in [6.45, 7) is 7.36. The highest BCUT2D eigenvalue weighted by atomic mass is 79.9. The third-order valence-corrected chi connectivity index (χ3v) is 4.23. The number of benzene rings is 1. The zero-order valence-corrected chi connectivity index (χ0v) is 14.0. The number of halogens is 1. The average Bonchev–Trinajstić information content (AvgIpc) is 2.37. The Morgan fingerprint density at radius 1 is 1.25 bits per heavy atom. The van der Waals surface area contributed by atoms with Gasteiger partial charge in [-0.1, -0.05) is 13.3 Å². The summed E-state index contributed by atoms with van der Waals surface area (Å²) in [6.07, 6.45) is 3.93. The Labute approximate surface area is 130 Å². The van der Waals surface area contributed by atoms with E-state index in [1.807, 2.05) is 6.92 Å². The second kappa shape index (κ2) is 7.89. The molecule has 0 amide bonds. The van der Waals surface area contributed by atoms with E-state index >= 15 is 0 Å². The standard InChI is InChI=1S/C16H24BrNO2/c1-3-18-10-13-8-14(17)16(15(9-13)19-4-2)20-11-12-6-5-7-12/h8-9,12,18H,3-7,10-11H2,1-2H3. The third-order valence-electron chi connectivity index (χ3n) is 3.64. The lowest BCUT2D eigenvalue weighted by Gasteiger charge is -2.26. The molecule has 0 saturated heterocycles. The van der Waals surface area contributed by atoms with Crippen LogP contribution >= 0.6 is 15.9 Å². The molecule has 0 atom stereocenters. The molecule has 1 saturated carbocycles. The van der Waals surface area contributed by atoms with Crippen LogP contribution in [0.4, 0.5) is 0 Å². The molecule has 0 spiro atoms. The Balaban J connectivity index is 2.10. The fraction of sp³-hybridized carbons (Fsp3) is 0.625. The van der Waals surface area contributed by atoms with Crippen molar-refractivity contribution in [3.8, 4) is 11.5 Å². The van der Waals surface area contributed by atoms with Gasteiger partial charge in [-0.05, 0) is 65.9 Å². The minimum atomic E-state index is 0.650. The van der Waals surface area contributed by atoms with Crippen LogP contribution in [0.3, 0.4) is 0 Å². The zero-order chi connectivity index (χ0) is 14.4. The van der Waals surface area contributed by atoms with Crippen molar-refractivity contribution in [2.24, 2.45) is 5.92 Å². The smallest absolute Gasteiger partial charge is 0.175 e. The number of rotatable bonds is 8. The van der Waals surface area contributed by atoms with Gasteiger partial charge in [0.05, 0.1) is 17.7 Å². The summed E-state index contributed by atoms with van der Waals surface area (Å²) in [7, 11) is 0. The number of ether oxygens (including phenoxy) is 2. The van der Waals surface area contributed by atoms with Gasteiger partial charge in [-0.3, -0.25) is 0 Å². The number of hydrogen-bond acceptors (Lipinski definition) is 3. The van der Waals surface area contributed by atoms with Crippen molar-refractivity contribution in [2.45, 2.75) is 39.7 Å². The molecule has 0 aromatic heterocycles. The van der Waals surface area contributed by atoms with Crippen LogP contribution in [0.15, 0.2) is 16.6 Å². The molecular formula is C16H24BrNO2. The second-order valence-electron chi connectivity index (χ2n) is 5.23. The molecule has 112 valence electrons. The minimum Gasteiger partial charge on any atom is -0.490 e. The largest absolute Gasteiger partial charge is 0.490 e. The zero-order valence-electron chi connectivity index (χ0n) is 12.4. The molecule has 1 aliphatic carbocycles. The van der Waals surface area contributed by atoms with E-state index in [0.29, 0.717) is 6.61 Å². The molecule has 0 aliphatic heterocycles. The van der Waals surface area contributed by atoms with Crippen LogP contribution in [0, 0.1) is 5.92 Å². The molecule has 1 aliphatic rings. The first-order valence-electron chi connectivity index (χ1n) is 7.53. The first kappa shape index (κ1) is 15.6. The van der Waals surface area contributed by atoms with Crippen LogP contribution in [0.5, 0.6) is 11.5 Å². The van der Waals surface area contributed by atoms with E-state index in [1.54, 1.807) is 0 Å². The van der Waals surface area contributed by atoms with Crippen LogP contribution in [-0.4, -0.2) is 19.8 Å². The quantitative estimate of drug-likeness (QED) is 0.770. The minimum absolute atomic E-state index is 0.650. The van der Waals surface area contributed by atoms with Gasteiger partial charge >= 0.3 is 0 Å². The van der Waals surface area contributed by atoms with Gasteiger partial charge < -0.3 is 14.8 Å². The summed E-state index contributed by atoms with van der Waals surface area (Å²) in [5.74, 6) is 2.41. The molecule has 0 radical (unpaired) electrons. The SMILES string of the molecule is CCNCc1cc(Br)c(OCC2CCC2)c(OCC)c1. The summed E-state index contributed by atoms with van der Waals surface area (Å²) >= 11 is 3.62. The van der Waals surface area contributed by atoms with Gasteiger partial charge in [0.2, 0.25) is 0 Å². The van der Waals surface area contributed by atoms with Crippen LogP contribution < -0.4 is 14.8 Å². The fourth-order valence-corrected chi connectivity index (χ4v) is 2.86. The van der Waals surface area contributed by atoms with Crippen molar-refractivity contribution in [2.75, 3.05) is 19.8 Å². The van der Waals surface area contributed by atoms with Gasteiger partial charge in [-0.25, -0.2) is 0 Å². The molecule has 0 heterocycles. The number of nitrogens with one attached hydrogen (secondary N) is 1. The van der Waals surface area contributed by atoms with Crippen molar-refractivity contribution in [3.63, 3.8) is 0 Å². The van der Waals surface area contributed by atoms with Crippen molar-refractivity contribution >= 4 is 15.9 Å². The maximum atomic E-state index is 5.99. The second-order valence-corrected chi connectivity index (χ2v) is 6.08. The van der Waals surface area contributed by atoms with Crippen LogP contribution in [-0.2, 0) is 6.54 Å². The van der Waals surface area contributed by atoms with Gasteiger partial charge in [0.15, 0.2) is 11.5 Å². The van der Waals surface area contributed by atoms with E-state index in [1.165, 1.54) is 24.8 Å². The maximum absolute atomic E-state index is 5.99. The molecular weight excluding hydrogens is 318 g/mol. The first-order chi connectivity index (χ1) is 9.74. The lowest BCUT2D eigenvalue weighted by molar-refractivity contribution is 0.173. The predicted molar refractivity (Wildman–Crippen MR) is 85.5 cm³/mol. The summed E-state index contributed by atoms with van der Waals surface area (Å²) < 4.78 is 12.7. The summed E-state index contributed by atoms with van der Waals surface area (Å²) in [5, 5.41) is 3.33. The molecule has 1 aromatic rings. The van der Waals surface area contributed by atoms with Crippen molar-refractivity contribution in [3.05, 3.63) is 22.2 Å². The third kappa shape index (κ3) is 4.13. The first-order valence-corrected chi connectivity index (χ1v) is 8.32. The molecule has 0 bridgehead atoms. The average molecular weight is 342 g/mol. The maximum Gasteiger partial charge on any atom is 0.175 e. The Morgan fingerprint density at radius 2 is 2.05 bits per heavy atom. The molecule has 0 unspecified atom stereocenters. The van der Waals surface area contributed by atoms with E-state index in [-0.39, 0.29) is 0 Å². The van der Waals surface area contributed by atoms with E-state index in [4.69, 9.17) is 9.47 Å². The Morgan fingerprint density at radius 3 is 2.65 bits per heavy atom. The molecule has 1 fully saturated rings. The lowest BCUT2D eigenvalue weighted by Crippen LogP contribution is -2.19. The number of hydrogen-bond donors (Lipinski definition) is 1. The molecule has 4 heteroatoms. The predicted octanol–water partition coefficient (Wildman–Crippen LogP) is 4.14. The molecule has 2 rings (SSSR count). The molecule has 1 aromatic carbocycles. The van der Waals surface area contributed by atoms with Gasteiger partial charge in [-0.15, -0.1) is 0 Å². The highest BCUT2D eigenvalue weighted by Crippen LogP contribution is 2.38. The molecule has 3 nitrogen and oxygen atoms in total. The van der Waals surface area contributed by atoms with E-state index in [9.17, 15) is 0 Å². The van der Waals surface area contributed by atoms with Crippen LogP contribution in [0.1, 0.15) is 38.7 Å². The molecule has 1 N–H and O–H groups in total. The summed E-state index contributed by atoms with van der Waals surface area (Å²) in [6, 6.07) is 4.19. The van der Waals surface area contributed by atoms with Gasteiger partial charge in [-0.2, -0.15) is 0 Å². The van der Waals surface area contributed by atoms with Gasteiger partial charge in [0.25, 0.3) is 0 Å². The highest BCUT2D eigenvalue weighted by Gasteiger charge is 2.20. The monoisotopic (exact) mass is 341 g/mol. The van der Waals surface area contributed by atoms with E-state index in [2.05, 4.69) is 40.3 Å². The van der Waals surface area contributed by atoms with Crippen molar-refractivity contribution in [1.82, 2.24) is 5.32 Å². The normalized spacial score (nSPS) is 14.9. The summed E-state index contributed by atoms with van der Waals surface area (Å²) in [5.41, 5.74) is 1.21. The Kier molecular flexibility index (Phi) is 6.17. The topological polar surface area (TPSA) is 30.5 Å². The fourth-order valence-electron chi connectivity index (χ4n) is 2.26. The van der Waals surface area contributed by atoms with Gasteiger partial charge in [0, 0.05) is 6.54 Å². The van der Waals surface area contributed by atoms with E-state index in [0.717, 1.165) is 41.6 Å². The van der Waals surface area contributed by atoms with E-state index < -0.39 is 0 Å². The Bertz CT molecular complexity index is 433. The van der Waals surface area contributed by atoms with Crippen molar-refractivity contribution < 1.29 is 9.47 Å².